The first-order valence-corrected chi connectivity index (χ1v) is 6.46. The van der Waals surface area contributed by atoms with E-state index in [1.54, 1.807) is 0 Å². The van der Waals surface area contributed by atoms with Gasteiger partial charge in [-0.25, -0.2) is 9.78 Å². The lowest BCUT2D eigenvalue weighted by molar-refractivity contribution is 0.0690. The molecule has 0 saturated carbocycles. The van der Waals surface area contributed by atoms with E-state index in [9.17, 15) is 4.79 Å². The summed E-state index contributed by atoms with van der Waals surface area (Å²) in [5.74, 6) is -0.723. The number of nitrogens with two attached hydrogens (primary N) is 1. The molecule has 0 spiro atoms. The number of benzene rings is 1. The molecule has 0 saturated heterocycles. The van der Waals surface area contributed by atoms with Crippen molar-refractivity contribution in [3.8, 4) is 0 Å². The first-order chi connectivity index (χ1) is 9.60. The zero-order chi connectivity index (χ0) is 14.5. The number of nitrogens with zero attached hydrogens (tertiary/aromatic N) is 1. The number of pyridine rings is 1. The van der Waals surface area contributed by atoms with E-state index >= 15 is 0 Å². The largest absolute Gasteiger partial charge is 0.477 e. The molecule has 0 amide bonds. The molecule has 0 aliphatic heterocycles. The Morgan fingerprint density at radius 3 is 2.55 bits per heavy atom. The molecule has 0 radical (unpaired) electrons. The predicted octanol–water partition coefficient (Wildman–Crippen LogP) is 3.06. The van der Waals surface area contributed by atoms with Crippen LogP contribution in [0.1, 0.15) is 29.4 Å². The first kappa shape index (κ1) is 13.9. The molecule has 20 heavy (non-hydrogen) atoms. The predicted molar refractivity (Wildman–Crippen MR) is 79.3 cm³/mol. The van der Waals surface area contributed by atoms with Crippen molar-refractivity contribution in [2.45, 2.75) is 19.8 Å². The van der Waals surface area contributed by atoms with Crippen LogP contribution in [0.2, 0.25) is 0 Å². The Balaban J connectivity index is 2.20. The number of hydrogen-bond donors (Lipinski definition) is 3. The normalized spacial score (nSPS) is 10.2. The van der Waals surface area contributed by atoms with Crippen LogP contribution in [0.15, 0.2) is 36.4 Å². The monoisotopic (exact) mass is 271 g/mol. The van der Waals surface area contributed by atoms with Crippen molar-refractivity contribution >= 4 is 23.2 Å². The van der Waals surface area contributed by atoms with Gasteiger partial charge in [0.2, 0.25) is 0 Å². The lowest BCUT2D eigenvalue weighted by atomic mass is 10.1. The van der Waals surface area contributed by atoms with Crippen molar-refractivity contribution < 1.29 is 9.90 Å². The summed E-state index contributed by atoms with van der Waals surface area (Å²) in [5, 5.41) is 12.0. The van der Waals surface area contributed by atoms with Crippen molar-refractivity contribution in [3.63, 3.8) is 0 Å². The van der Waals surface area contributed by atoms with Crippen LogP contribution in [0.5, 0.6) is 0 Å². The number of carboxylic acid groups (broad SMARTS) is 1. The molecule has 0 atom stereocenters. The highest BCUT2D eigenvalue weighted by atomic mass is 16.4. The van der Waals surface area contributed by atoms with Crippen molar-refractivity contribution in [1.29, 1.82) is 0 Å². The third-order valence-electron chi connectivity index (χ3n) is 2.90. The average Bonchev–Trinajstić information content (AvgIpc) is 2.43. The van der Waals surface area contributed by atoms with Gasteiger partial charge in [-0.2, -0.15) is 0 Å². The van der Waals surface area contributed by atoms with Gasteiger partial charge in [0.25, 0.3) is 0 Å². The van der Waals surface area contributed by atoms with Crippen molar-refractivity contribution in [3.05, 3.63) is 47.7 Å². The lowest BCUT2D eigenvalue weighted by Gasteiger charge is -2.09. The number of nitrogen functional groups attached to an aromatic ring is 1. The molecule has 0 unspecified atom stereocenters. The minimum absolute atomic E-state index is 0.0377. The summed E-state index contributed by atoms with van der Waals surface area (Å²) in [6.45, 7) is 2.13. The Morgan fingerprint density at radius 1 is 1.25 bits per heavy atom. The Kier molecular flexibility index (Phi) is 4.20. The highest BCUT2D eigenvalue weighted by Crippen LogP contribution is 2.21. The SMILES string of the molecule is CCCc1ccc(Nc2nc(C(=O)O)ccc2N)cc1. The highest BCUT2D eigenvalue weighted by Gasteiger charge is 2.08. The number of carboxylic acids is 1. The zero-order valence-electron chi connectivity index (χ0n) is 11.3. The molecule has 0 fully saturated rings. The number of aryl methyl sites for hydroxylation is 1. The number of aromatic carboxylic acids is 1. The summed E-state index contributed by atoms with van der Waals surface area (Å²) in [6, 6.07) is 10.8. The zero-order valence-corrected chi connectivity index (χ0v) is 11.3. The summed E-state index contributed by atoms with van der Waals surface area (Å²) >= 11 is 0. The van der Waals surface area contributed by atoms with E-state index in [2.05, 4.69) is 17.2 Å². The Hall–Kier alpha value is -2.56. The van der Waals surface area contributed by atoms with Gasteiger partial charge in [0.1, 0.15) is 0 Å². The molecule has 1 aromatic carbocycles. The second kappa shape index (κ2) is 6.06. The summed E-state index contributed by atoms with van der Waals surface area (Å²) < 4.78 is 0. The topological polar surface area (TPSA) is 88.2 Å². The van der Waals surface area contributed by atoms with Gasteiger partial charge in [-0.15, -0.1) is 0 Å². The van der Waals surface area contributed by atoms with Gasteiger partial charge in [-0.1, -0.05) is 25.5 Å². The van der Waals surface area contributed by atoms with E-state index in [0.29, 0.717) is 11.5 Å². The van der Waals surface area contributed by atoms with Crippen molar-refractivity contribution in [2.75, 3.05) is 11.1 Å². The molecule has 104 valence electrons. The fraction of sp³-hybridized carbons (Fsp3) is 0.200. The maximum Gasteiger partial charge on any atom is 0.354 e. The lowest BCUT2D eigenvalue weighted by Crippen LogP contribution is -2.05. The molecule has 1 aromatic heterocycles. The number of rotatable bonds is 5. The van der Waals surface area contributed by atoms with Crippen LogP contribution < -0.4 is 11.1 Å². The Labute approximate surface area is 117 Å². The molecule has 0 aliphatic carbocycles. The van der Waals surface area contributed by atoms with Gasteiger partial charge in [0.15, 0.2) is 11.5 Å². The van der Waals surface area contributed by atoms with Gasteiger partial charge in [-0.3, -0.25) is 0 Å². The van der Waals surface area contributed by atoms with E-state index in [1.807, 2.05) is 24.3 Å². The van der Waals surface area contributed by atoms with Gasteiger partial charge >= 0.3 is 5.97 Å². The van der Waals surface area contributed by atoms with Crippen LogP contribution in [0.3, 0.4) is 0 Å². The maximum atomic E-state index is 10.9. The van der Waals surface area contributed by atoms with Gasteiger partial charge < -0.3 is 16.2 Å². The van der Waals surface area contributed by atoms with Gasteiger partial charge in [0.05, 0.1) is 5.69 Å². The van der Waals surface area contributed by atoms with E-state index in [4.69, 9.17) is 10.8 Å². The third-order valence-corrected chi connectivity index (χ3v) is 2.90. The third kappa shape index (κ3) is 3.26. The fourth-order valence-electron chi connectivity index (χ4n) is 1.87. The summed E-state index contributed by atoms with van der Waals surface area (Å²) in [6.07, 6.45) is 2.14. The number of hydrogen-bond acceptors (Lipinski definition) is 4. The van der Waals surface area contributed by atoms with E-state index in [-0.39, 0.29) is 5.69 Å². The molecular weight excluding hydrogens is 254 g/mol. The number of aromatic nitrogens is 1. The van der Waals surface area contributed by atoms with Crippen LogP contribution in [-0.2, 0) is 6.42 Å². The molecule has 0 aliphatic rings. The van der Waals surface area contributed by atoms with Gasteiger partial charge in [0, 0.05) is 5.69 Å². The second-order valence-electron chi connectivity index (χ2n) is 4.51. The summed E-state index contributed by atoms with van der Waals surface area (Å²) in [5.41, 5.74) is 8.26. The molecule has 5 nitrogen and oxygen atoms in total. The van der Waals surface area contributed by atoms with Crippen molar-refractivity contribution in [1.82, 2.24) is 4.98 Å². The van der Waals surface area contributed by atoms with E-state index in [0.717, 1.165) is 18.5 Å². The maximum absolute atomic E-state index is 10.9. The molecule has 5 heteroatoms. The van der Waals surface area contributed by atoms with Crippen LogP contribution in [0, 0.1) is 0 Å². The number of anilines is 3. The van der Waals surface area contributed by atoms with E-state index < -0.39 is 5.97 Å². The minimum atomic E-state index is -1.08. The average molecular weight is 271 g/mol. The number of carbonyl (C=O) groups is 1. The Bertz CT molecular complexity index is 609. The Morgan fingerprint density at radius 2 is 1.95 bits per heavy atom. The summed E-state index contributed by atoms with van der Waals surface area (Å²) in [7, 11) is 0. The molecule has 4 N–H and O–H groups in total. The van der Waals surface area contributed by atoms with Crippen LogP contribution in [0.25, 0.3) is 0 Å². The van der Waals surface area contributed by atoms with Crippen molar-refractivity contribution in [2.24, 2.45) is 0 Å². The standard InChI is InChI=1S/C15H17N3O2/c1-2-3-10-4-6-11(7-5-10)17-14-12(16)8-9-13(18-14)15(19)20/h4-9H,2-3,16H2,1H3,(H,17,18)(H,19,20). The second-order valence-corrected chi connectivity index (χ2v) is 4.51. The quantitative estimate of drug-likeness (QED) is 0.777. The van der Waals surface area contributed by atoms with Crippen LogP contribution >= 0.6 is 0 Å². The number of nitrogens with one attached hydrogen (secondary N) is 1. The smallest absolute Gasteiger partial charge is 0.354 e. The molecule has 0 bridgehead atoms. The van der Waals surface area contributed by atoms with Crippen LogP contribution in [0.4, 0.5) is 17.2 Å². The first-order valence-electron chi connectivity index (χ1n) is 6.46. The molecule has 1 heterocycles. The molecule has 2 aromatic rings. The molecular formula is C15H17N3O2. The fourth-order valence-corrected chi connectivity index (χ4v) is 1.87. The summed E-state index contributed by atoms with van der Waals surface area (Å²) in [4.78, 5) is 14.9. The van der Waals surface area contributed by atoms with Crippen LogP contribution in [-0.4, -0.2) is 16.1 Å². The minimum Gasteiger partial charge on any atom is -0.477 e. The van der Waals surface area contributed by atoms with Gasteiger partial charge in [-0.05, 0) is 36.2 Å². The highest BCUT2D eigenvalue weighted by molar-refractivity contribution is 5.87. The molecule has 2 rings (SSSR count). The van der Waals surface area contributed by atoms with E-state index in [1.165, 1.54) is 17.7 Å².